The lowest BCUT2D eigenvalue weighted by Gasteiger charge is -2.08. The zero-order chi connectivity index (χ0) is 10.6. The van der Waals surface area contributed by atoms with Gasteiger partial charge in [0.05, 0.1) is 12.2 Å². The standard InChI is InChI=1S/C9H11NO3S/c1-6(5-11)14-8-7(9(12)13)3-2-4-10-8/h2-4,6,11H,5H2,1H3,(H,12,13). The number of carboxylic acids is 1. The van der Waals surface area contributed by atoms with Gasteiger partial charge in [-0.15, -0.1) is 11.8 Å². The van der Waals surface area contributed by atoms with Gasteiger partial charge in [0.1, 0.15) is 5.03 Å². The largest absolute Gasteiger partial charge is 0.478 e. The summed E-state index contributed by atoms with van der Waals surface area (Å²) in [6.07, 6.45) is 1.54. The molecule has 0 amide bonds. The molecule has 1 rings (SSSR count). The molecule has 2 N–H and O–H groups in total. The molecule has 1 aromatic rings. The Morgan fingerprint density at radius 1 is 1.71 bits per heavy atom. The third-order valence-electron chi connectivity index (χ3n) is 1.57. The molecule has 0 spiro atoms. The van der Waals surface area contributed by atoms with Crippen molar-refractivity contribution in [3.05, 3.63) is 23.9 Å². The van der Waals surface area contributed by atoms with Gasteiger partial charge in [-0.25, -0.2) is 9.78 Å². The molecular weight excluding hydrogens is 202 g/mol. The van der Waals surface area contributed by atoms with E-state index in [9.17, 15) is 4.79 Å². The number of hydrogen-bond acceptors (Lipinski definition) is 4. The minimum atomic E-state index is -0.995. The number of carbonyl (C=O) groups is 1. The quantitative estimate of drug-likeness (QED) is 0.737. The number of carboxylic acid groups (broad SMARTS) is 1. The van der Waals surface area contributed by atoms with Crippen LogP contribution in [0.1, 0.15) is 17.3 Å². The summed E-state index contributed by atoms with van der Waals surface area (Å²) in [6.45, 7) is 1.81. The monoisotopic (exact) mass is 213 g/mol. The van der Waals surface area contributed by atoms with E-state index >= 15 is 0 Å². The van der Waals surface area contributed by atoms with Crippen LogP contribution in [0.2, 0.25) is 0 Å². The second kappa shape index (κ2) is 4.97. The average molecular weight is 213 g/mol. The van der Waals surface area contributed by atoms with Crippen LogP contribution in [0.15, 0.2) is 23.4 Å². The van der Waals surface area contributed by atoms with Crippen molar-refractivity contribution in [3.63, 3.8) is 0 Å². The molecule has 14 heavy (non-hydrogen) atoms. The summed E-state index contributed by atoms with van der Waals surface area (Å²) in [5.41, 5.74) is 0.179. The molecule has 0 saturated carbocycles. The van der Waals surface area contributed by atoms with E-state index in [-0.39, 0.29) is 17.4 Å². The highest BCUT2D eigenvalue weighted by molar-refractivity contribution is 7.99. The third kappa shape index (κ3) is 2.71. The topological polar surface area (TPSA) is 70.4 Å². The first-order valence-corrected chi connectivity index (χ1v) is 4.99. The van der Waals surface area contributed by atoms with E-state index < -0.39 is 5.97 Å². The van der Waals surface area contributed by atoms with Gasteiger partial charge in [0.2, 0.25) is 0 Å². The van der Waals surface area contributed by atoms with E-state index in [2.05, 4.69) is 4.98 Å². The molecule has 1 atom stereocenters. The number of pyridine rings is 1. The van der Waals surface area contributed by atoms with E-state index in [1.807, 2.05) is 6.92 Å². The molecule has 1 heterocycles. The lowest BCUT2D eigenvalue weighted by molar-refractivity contribution is 0.0692. The molecule has 4 nitrogen and oxygen atoms in total. The summed E-state index contributed by atoms with van der Waals surface area (Å²) in [7, 11) is 0. The molecule has 0 saturated heterocycles. The fourth-order valence-corrected chi connectivity index (χ4v) is 1.74. The predicted molar refractivity (Wildman–Crippen MR) is 53.6 cm³/mol. The van der Waals surface area contributed by atoms with Gasteiger partial charge >= 0.3 is 5.97 Å². The van der Waals surface area contributed by atoms with Crippen LogP contribution >= 0.6 is 11.8 Å². The number of aliphatic hydroxyl groups is 1. The molecular formula is C9H11NO3S. The number of thioether (sulfide) groups is 1. The molecule has 0 aliphatic carbocycles. The Labute approximate surface area is 86.0 Å². The first kappa shape index (κ1) is 11.0. The minimum absolute atomic E-state index is 0.000298. The highest BCUT2D eigenvalue weighted by Gasteiger charge is 2.13. The van der Waals surface area contributed by atoms with Crippen LogP contribution in [0, 0.1) is 0 Å². The van der Waals surface area contributed by atoms with Crippen molar-refractivity contribution in [2.75, 3.05) is 6.61 Å². The highest BCUT2D eigenvalue weighted by atomic mass is 32.2. The molecule has 0 radical (unpaired) electrons. The second-order valence-corrected chi connectivity index (χ2v) is 4.20. The summed E-state index contributed by atoms with van der Waals surface area (Å²) in [6, 6.07) is 3.08. The molecule has 76 valence electrons. The van der Waals surface area contributed by atoms with E-state index in [0.717, 1.165) is 0 Å². The Hall–Kier alpha value is -1.07. The number of rotatable bonds is 4. The van der Waals surface area contributed by atoms with Crippen LogP contribution in [0.4, 0.5) is 0 Å². The van der Waals surface area contributed by atoms with Gasteiger partial charge in [-0.1, -0.05) is 6.92 Å². The number of nitrogens with zero attached hydrogens (tertiary/aromatic N) is 1. The Morgan fingerprint density at radius 3 is 3.00 bits per heavy atom. The van der Waals surface area contributed by atoms with E-state index in [4.69, 9.17) is 10.2 Å². The van der Waals surface area contributed by atoms with Crippen LogP contribution in [0.25, 0.3) is 0 Å². The predicted octanol–water partition coefficient (Wildman–Crippen LogP) is 1.25. The first-order valence-electron chi connectivity index (χ1n) is 4.11. The fraction of sp³-hybridized carbons (Fsp3) is 0.333. The fourth-order valence-electron chi connectivity index (χ4n) is 0.875. The Bertz CT molecular complexity index is 330. The smallest absolute Gasteiger partial charge is 0.338 e. The zero-order valence-corrected chi connectivity index (χ0v) is 8.49. The van der Waals surface area contributed by atoms with Crippen molar-refractivity contribution >= 4 is 17.7 Å². The van der Waals surface area contributed by atoms with Crippen LogP contribution in [-0.2, 0) is 0 Å². The molecule has 0 bridgehead atoms. The average Bonchev–Trinajstić information content (AvgIpc) is 2.18. The van der Waals surface area contributed by atoms with Crippen molar-refractivity contribution in [2.24, 2.45) is 0 Å². The minimum Gasteiger partial charge on any atom is -0.478 e. The van der Waals surface area contributed by atoms with E-state index in [1.165, 1.54) is 17.8 Å². The Balaban J connectivity index is 2.90. The molecule has 5 heteroatoms. The number of aliphatic hydroxyl groups excluding tert-OH is 1. The molecule has 1 unspecified atom stereocenters. The third-order valence-corrected chi connectivity index (χ3v) is 2.67. The Kier molecular flexibility index (Phi) is 3.91. The maximum absolute atomic E-state index is 10.8. The Morgan fingerprint density at radius 2 is 2.43 bits per heavy atom. The first-order chi connectivity index (χ1) is 6.65. The van der Waals surface area contributed by atoms with Gasteiger partial charge in [0.15, 0.2) is 0 Å². The lowest BCUT2D eigenvalue weighted by Crippen LogP contribution is -2.06. The molecule has 0 aliphatic heterocycles. The number of hydrogen-bond donors (Lipinski definition) is 2. The van der Waals surface area contributed by atoms with Gasteiger partial charge in [-0.3, -0.25) is 0 Å². The molecule has 0 aliphatic rings. The molecule has 0 aromatic carbocycles. The van der Waals surface area contributed by atoms with Gasteiger partial charge in [0.25, 0.3) is 0 Å². The second-order valence-electron chi connectivity index (χ2n) is 2.77. The normalized spacial score (nSPS) is 12.4. The number of aromatic carboxylic acids is 1. The SMILES string of the molecule is CC(CO)Sc1ncccc1C(=O)O. The summed E-state index contributed by atoms with van der Waals surface area (Å²) < 4.78 is 0. The van der Waals surface area contributed by atoms with Crippen LogP contribution in [0.5, 0.6) is 0 Å². The molecule has 1 aromatic heterocycles. The van der Waals surface area contributed by atoms with Crippen LogP contribution in [0.3, 0.4) is 0 Å². The van der Waals surface area contributed by atoms with Crippen molar-refractivity contribution in [2.45, 2.75) is 17.2 Å². The van der Waals surface area contributed by atoms with E-state index in [0.29, 0.717) is 5.03 Å². The van der Waals surface area contributed by atoms with Gasteiger partial charge in [0, 0.05) is 11.4 Å². The molecule has 0 fully saturated rings. The summed E-state index contributed by atoms with van der Waals surface area (Å²) >= 11 is 1.26. The van der Waals surface area contributed by atoms with Crippen molar-refractivity contribution < 1.29 is 15.0 Å². The van der Waals surface area contributed by atoms with Gasteiger partial charge < -0.3 is 10.2 Å². The lowest BCUT2D eigenvalue weighted by atomic mass is 10.3. The summed E-state index contributed by atoms with van der Waals surface area (Å²) in [5, 5.41) is 18.1. The van der Waals surface area contributed by atoms with Crippen molar-refractivity contribution in [3.8, 4) is 0 Å². The highest BCUT2D eigenvalue weighted by Crippen LogP contribution is 2.23. The van der Waals surface area contributed by atoms with Crippen LogP contribution in [-0.4, -0.2) is 33.0 Å². The van der Waals surface area contributed by atoms with Gasteiger partial charge in [-0.05, 0) is 12.1 Å². The van der Waals surface area contributed by atoms with Crippen molar-refractivity contribution in [1.29, 1.82) is 0 Å². The van der Waals surface area contributed by atoms with E-state index in [1.54, 1.807) is 12.3 Å². The van der Waals surface area contributed by atoms with Crippen molar-refractivity contribution in [1.82, 2.24) is 4.98 Å². The maximum Gasteiger partial charge on any atom is 0.338 e. The number of aromatic nitrogens is 1. The van der Waals surface area contributed by atoms with Crippen LogP contribution < -0.4 is 0 Å². The van der Waals surface area contributed by atoms with Gasteiger partial charge in [-0.2, -0.15) is 0 Å². The zero-order valence-electron chi connectivity index (χ0n) is 7.67. The maximum atomic E-state index is 10.8. The summed E-state index contributed by atoms with van der Waals surface area (Å²) in [4.78, 5) is 14.7. The summed E-state index contributed by atoms with van der Waals surface area (Å²) in [5.74, 6) is -0.995.